The van der Waals surface area contributed by atoms with Gasteiger partial charge in [0.05, 0.1) is 29.6 Å². The summed E-state index contributed by atoms with van der Waals surface area (Å²) in [6.07, 6.45) is 0. The van der Waals surface area contributed by atoms with E-state index in [0.717, 1.165) is 94.8 Å². The number of nitrogens with one attached hydrogen (secondary N) is 2. The van der Waals surface area contributed by atoms with Gasteiger partial charge in [-0.15, -0.1) is 0 Å². The second kappa shape index (κ2) is 22.4. The van der Waals surface area contributed by atoms with Crippen LogP contribution in [0.3, 0.4) is 0 Å². The third-order valence-corrected chi connectivity index (χ3v) is 11.8. The van der Waals surface area contributed by atoms with Crippen molar-refractivity contribution in [2.24, 2.45) is 0 Å². The molecule has 0 amide bonds. The second-order valence-corrected chi connectivity index (χ2v) is 17.4. The van der Waals surface area contributed by atoms with Crippen molar-refractivity contribution in [2.75, 3.05) is 30.8 Å². The zero-order valence-corrected chi connectivity index (χ0v) is 41.2. The minimum Gasteiger partial charge on any atom is -0.488 e. The normalized spacial score (nSPS) is 10.7. The number of carbonyl (C=O) groups is 2. The Hall–Kier alpha value is -7.02. The first-order valence-corrected chi connectivity index (χ1v) is 23.4. The van der Waals surface area contributed by atoms with Gasteiger partial charge < -0.3 is 39.1 Å². The highest BCUT2D eigenvalue weighted by molar-refractivity contribution is 9.10. The molecular formula is C55H52Br2N4O6. The molecule has 10 nitrogen and oxygen atoms in total. The number of benzene rings is 6. The molecule has 2 aromatic heterocycles. The minimum absolute atomic E-state index is 0.234. The van der Waals surface area contributed by atoms with Gasteiger partial charge in [0.1, 0.15) is 24.7 Å². The van der Waals surface area contributed by atoms with Crippen molar-refractivity contribution in [3.63, 3.8) is 0 Å². The maximum absolute atomic E-state index is 12.4. The van der Waals surface area contributed by atoms with Gasteiger partial charge >= 0.3 is 11.9 Å². The lowest BCUT2D eigenvalue weighted by atomic mass is 10.1. The van der Waals surface area contributed by atoms with Gasteiger partial charge in [-0.25, -0.2) is 9.59 Å². The summed E-state index contributed by atoms with van der Waals surface area (Å²) >= 11 is 7.20. The number of anilines is 2. The van der Waals surface area contributed by atoms with Crippen molar-refractivity contribution >= 4 is 55.2 Å². The van der Waals surface area contributed by atoms with Crippen molar-refractivity contribution in [1.82, 2.24) is 9.13 Å². The maximum atomic E-state index is 12.4. The number of rotatable bonds is 16. The molecule has 0 spiro atoms. The molecule has 3 N–H and O–H groups in total. The molecule has 342 valence electrons. The van der Waals surface area contributed by atoms with Crippen LogP contribution in [0.1, 0.15) is 57.1 Å². The lowest BCUT2D eigenvalue weighted by Crippen LogP contribution is -2.08. The van der Waals surface area contributed by atoms with Crippen LogP contribution in [0, 0.1) is 13.8 Å². The number of halogens is 2. The van der Waals surface area contributed by atoms with Gasteiger partial charge in [-0.3, -0.25) is 0 Å². The predicted molar refractivity (Wildman–Crippen MR) is 275 cm³/mol. The van der Waals surface area contributed by atoms with Crippen LogP contribution in [0.25, 0.3) is 33.9 Å². The summed E-state index contributed by atoms with van der Waals surface area (Å²) in [5, 5.41) is 16.2. The summed E-state index contributed by atoms with van der Waals surface area (Å²) in [6, 6.07) is 51.3. The van der Waals surface area contributed by atoms with Gasteiger partial charge in [0.25, 0.3) is 0 Å². The average Bonchev–Trinajstić information content (AvgIpc) is 3.93. The fraction of sp³-hybridized carbons (Fsp3) is 0.164. The summed E-state index contributed by atoms with van der Waals surface area (Å²) < 4.78 is 23.5. The molecular weight excluding hydrogens is 972 g/mol. The largest absolute Gasteiger partial charge is 0.488 e. The third kappa shape index (κ3) is 11.9. The molecule has 0 aliphatic heterocycles. The number of esters is 1. The lowest BCUT2D eigenvalue weighted by molar-refractivity contribution is 0.0599. The molecule has 12 heteroatoms. The Morgan fingerprint density at radius 2 is 0.985 bits per heavy atom. The molecule has 8 aromatic rings. The van der Waals surface area contributed by atoms with Crippen molar-refractivity contribution in [1.29, 1.82) is 0 Å². The van der Waals surface area contributed by atoms with E-state index in [1.807, 2.05) is 155 Å². The second-order valence-electron chi connectivity index (χ2n) is 15.6. The molecule has 0 unspecified atom stereocenters. The smallest absolute Gasteiger partial charge is 0.337 e. The first-order chi connectivity index (χ1) is 32.5. The van der Waals surface area contributed by atoms with Crippen LogP contribution < -0.4 is 20.1 Å². The van der Waals surface area contributed by atoms with Crippen molar-refractivity contribution in [3.05, 3.63) is 200 Å². The van der Waals surface area contributed by atoms with E-state index >= 15 is 0 Å². The van der Waals surface area contributed by atoms with E-state index < -0.39 is 5.97 Å². The molecule has 67 heavy (non-hydrogen) atoms. The molecule has 6 aromatic carbocycles. The highest BCUT2D eigenvalue weighted by Gasteiger charge is 2.19. The summed E-state index contributed by atoms with van der Waals surface area (Å²) in [4.78, 5) is 24.1. The van der Waals surface area contributed by atoms with Crippen LogP contribution in [-0.4, -0.2) is 46.4 Å². The Morgan fingerprint density at radius 3 is 1.40 bits per heavy atom. The number of hydrogen-bond acceptors (Lipinski definition) is 7. The van der Waals surface area contributed by atoms with Gasteiger partial charge in [0.15, 0.2) is 0 Å². The van der Waals surface area contributed by atoms with E-state index in [4.69, 9.17) is 14.2 Å². The SMILES string of the molecule is CCNc1cc(C(=O)O)cc(-n2c(C)ccc2-c2cc(Br)ccc2OCc2ccccc2)c1.CCNc1cc(C(=O)OC)cc(-n2c(C)ccc2-c2cc(Br)ccc2OCc2ccccc2)c1. The lowest BCUT2D eigenvalue weighted by Gasteiger charge is -2.18. The molecule has 2 heterocycles. The molecule has 0 aliphatic rings. The maximum Gasteiger partial charge on any atom is 0.337 e. The average molecular weight is 1020 g/mol. The van der Waals surface area contributed by atoms with E-state index in [-0.39, 0.29) is 11.5 Å². The number of methoxy groups -OCH3 is 1. The standard InChI is InChI=1S/C28H27BrN2O3.C27H25BrN2O3/c1-4-30-23-14-21(28(32)33-3)15-24(17-23)31-19(2)10-12-26(31)25-16-22(29)11-13-27(25)34-18-20-8-6-5-7-9-20;1-3-29-22-13-20(27(31)32)14-23(16-22)30-18(2)9-11-25(30)24-15-21(28)10-12-26(24)33-17-19-7-5-4-6-8-19/h5-17,30H,4,18H2,1-3H3;4-16,29H,3,17H2,1-2H3,(H,31,32). The van der Waals surface area contributed by atoms with Crippen molar-refractivity contribution < 1.29 is 28.9 Å². The number of aromatic nitrogens is 2. The molecule has 0 saturated heterocycles. The van der Waals surface area contributed by atoms with Gasteiger partial charge in [0.2, 0.25) is 0 Å². The summed E-state index contributed by atoms with van der Waals surface area (Å²) in [7, 11) is 1.39. The van der Waals surface area contributed by atoms with E-state index in [0.29, 0.717) is 25.3 Å². The third-order valence-electron chi connectivity index (χ3n) is 10.8. The van der Waals surface area contributed by atoms with Crippen LogP contribution in [0.2, 0.25) is 0 Å². The zero-order valence-electron chi connectivity index (χ0n) is 38.0. The number of carbonyl (C=O) groups excluding carboxylic acids is 1. The van der Waals surface area contributed by atoms with Gasteiger partial charge in [-0.1, -0.05) is 92.5 Å². The van der Waals surface area contributed by atoms with E-state index in [9.17, 15) is 14.7 Å². The molecule has 0 saturated carbocycles. The van der Waals surface area contributed by atoms with E-state index in [1.165, 1.54) is 7.11 Å². The predicted octanol–water partition coefficient (Wildman–Crippen LogP) is 13.9. The molecule has 8 rings (SSSR count). The minimum atomic E-state index is -0.961. The first kappa shape index (κ1) is 47.9. The number of nitrogens with zero attached hydrogens (tertiary/aromatic N) is 2. The molecule has 0 atom stereocenters. The fourth-order valence-corrected chi connectivity index (χ4v) is 8.48. The van der Waals surface area contributed by atoms with Crippen LogP contribution in [0.5, 0.6) is 11.5 Å². The summed E-state index contributed by atoms with van der Waals surface area (Å²) in [5.41, 5.74) is 11.9. The first-order valence-electron chi connectivity index (χ1n) is 21.9. The summed E-state index contributed by atoms with van der Waals surface area (Å²) in [6.45, 7) is 10.4. The Bertz CT molecular complexity index is 2980. The van der Waals surface area contributed by atoms with Gasteiger partial charge in [-0.2, -0.15) is 0 Å². The molecule has 0 aliphatic carbocycles. The zero-order chi connectivity index (χ0) is 47.5. The highest BCUT2D eigenvalue weighted by atomic mass is 79.9. The number of aryl methyl sites for hydroxylation is 2. The molecule has 0 radical (unpaired) electrons. The molecule has 0 fully saturated rings. The number of carboxylic acid groups (broad SMARTS) is 1. The topological polar surface area (TPSA) is 116 Å². The fourth-order valence-electron chi connectivity index (χ4n) is 7.76. The van der Waals surface area contributed by atoms with Gasteiger partial charge in [-0.05, 0) is 136 Å². The Balaban J connectivity index is 0.000000199. The van der Waals surface area contributed by atoms with E-state index in [2.05, 4.69) is 69.8 Å². The van der Waals surface area contributed by atoms with Crippen LogP contribution in [0.4, 0.5) is 11.4 Å². The number of ether oxygens (including phenoxy) is 3. The monoisotopic (exact) mass is 1020 g/mol. The van der Waals surface area contributed by atoms with Crippen molar-refractivity contribution in [3.8, 4) is 45.4 Å². The molecule has 0 bridgehead atoms. The highest BCUT2D eigenvalue weighted by Crippen LogP contribution is 2.39. The van der Waals surface area contributed by atoms with Crippen LogP contribution >= 0.6 is 31.9 Å². The quantitative estimate of drug-likeness (QED) is 0.0820. The van der Waals surface area contributed by atoms with Crippen molar-refractivity contribution in [2.45, 2.75) is 40.9 Å². The van der Waals surface area contributed by atoms with Gasteiger partial charge in [0, 0.05) is 67.3 Å². The van der Waals surface area contributed by atoms with E-state index in [1.54, 1.807) is 12.1 Å². The number of carboxylic acids is 1. The van der Waals surface area contributed by atoms with Crippen LogP contribution in [-0.2, 0) is 18.0 Å². The number of hydrogen-bond donors (Lipinski definition) is 3. The Labute approximate surface area is 408 Å². The summed E-state index contributed by atoms with van der Waals surface area (Å²) in [5.74, 6) is 0.198. The number of aromatic carboxylic acids is 1. The van der Waals surface area contributed by atoms with Crippen LogP contribution in [0.15, 0.2) is 167 Å². The Morgan fingerprint density at radius 1 is 0.552 bits per heavy atom. The Kier molecular flexibility index (Phi) is 16.1.